The summed E-state index contributed by atoms with van der Waals surface area (Å²) in [5, 5.41) is 13.1. The van der Waals surface area contributed by atoms with Crippen LogP contribution in [0.3, 0.4) is 0 Å². The molecule has 0 saturated heterocycles. The van der Waals surface area contributed by atoms with E-state index in [1.54, 1.807) is 6.19 Å². The summed E-state index contributed by atoms with van der Waals surface area (Å²) >= 11 is 1.10. The zero-order valence-corrected chi connectivity index (χ0v) is 9.81. The summed E-state index contributed by atoms with van der Waals surface area (Å²) < 4.78 is 1.49. The predicted molar refractivity (Wildman–Crippen MR) is 62.6 cm³/mol. The number of aromatic nitrogens is 2. The molecule has 0 fully saturated rings. The van der Waals surface area contributed by atoms with E-state index < -0.39 is 0 Å². The first kappa shape index (κ1) is 11.2. The summed E-state index contributed by atoms with van der Waals surface area (Å²) in [4.78, 5) is 15.3. The largest absolute Gasteiger partial charge is 0.292 e. The van der Waals surface area contributed by atoms with Gasteiger partial charge in [-0.15, -0.1) is 4.99 Å². The van der Waals surface area contributed by atoms with Gasteiger partial charge in [-0.25, -0.2) is 4.68 Å². The van der Waals surface area contributed by atoms with Gasteiger partial charge in [0.1, 0.15) is 0 Å². The van der Waals surface area contributed by atoms with Crippen molar-refractivity contribution in [2.45, 2.75) is 6.92 Å². The van der Waals surface area contributed by atoms with Crippen molar-refractivity contribution in [1.82, 2.24) is 9.78 Å². The van der Waals surface area contributed by atoms with Crippen molar-refractivity contribution in [3.05, 3.63) is 40.1 Å². The van der Waals surface area contributed by atoms with Gasteiger partial charge in [0.2, 0.25) is 11.0 Å². The smallest absolute Gasteiger partial charge is 0.224 e. The molecule has 0 atom stereocenters. The van der Waals surface area contributed by atoms with Crippen LogP contribution in [-0.2, 0) is 0 Å². The Bertz CT molecular complexity index is 648. The molecule has 0 spiro atoms. The fourth-order valence-electron chi connectivity index (χ4n) is 1.28. The van der Waals surface area contributed by atoms with Crippen LogP contribution in [0.5, 0.6) is 0 Å². The van der Waals surface area contributed by atoms with Crippen LogP contribution in [0.25, 0.3) is 5.69 Å². The third-order valence-corrected chi connectivity index (χ3v) is 3.02. The Balaban J connectivity index is 2.66. The van der Waals surface area contributed by atoms with Gasteiger partial charge in [-0.2, -0.15) is 10.4 Å². The minimum atomic E-state index is -0.140. The first-order valence-corrected chi connectivity index (χ1v) is 5.63. The lowest BCUT2D eigenvalue weighted by atomic mass is 10.3. The molecule has 0 amide bonds. The van der Waals surface area contributed by atoms with E-state index >= 15 is 0 Å². The molecule has 0 bridgehead atoms. The highest BCUT2D eigenvalue weighted by Gasteiger charge is 2.09. The number of hydrogen-bond acceptors (Lipinski definition) is 5. The molecule has 0 saturated carbocycles. The van der Waals surface area contributed by atoms with Gasteiger partial charge in [-0.05, 0) is 12.1 Å². The average Bonchev–Trinajstić information content (AvgIpc) is 2.75. The summed E-state index contributed by atoms with van der Waals surface area (Å²) in [5.74, 6) is -0.140. The van der Waals surface area contributed by atoms with Gasteiger partial charge in [-0.1, -0.05) is 29.5 Å². The van der Waals surface area contributed by atoms with E-state index in [1.165, 1.54) is 11.6 Å². The monoisotopic (exact) mass is 244 g/mol. The van der Waals surface area contributed by atoms with Crippen LogP contribution in [0, 0.1) is 11.5 Å². The number of ketones is 1. The van der Waals surface area contributed by atoms with Crippen molar-refractivity contribution in [1.29, 1.82) is 5.26 Å². The first-order valence-electron chi connectivity index (χ1n) is 4.81. The standard InChI is InChI=1S/C11H8N4OS/c1-8(16)10-14-15(11(17-10)13-7-12)9-5-3-2-4-6-9/h2-6H,1H3. The molecule has 2 rings (SSSR count). The summed E-state index contributed by atoms with van der Waals surface area (Å²) in [5.41, 5.74) is 0.769. The molecule has 1 heterocycles. The zero-order valence-electron chi connectivity index (χ0n) is 8.99. The van der Waals surface area contributed by atoms with Crippen LogP contribution in [-0.4, -0.2) is 15.6 Å². The van der Waals surface area contributed by atoms with Crippen LogP contribution in [0.4, 0.5) is 0 Å². The van der Waals surface area contributed by atoms with Crippen molar-refractivity contribution < 1.29 is 4.79 Å². The first-order chi connectivity index (χ1) is 8.22. The van der Waals surface area contributed by atoms with Gasteiger partial charge in [0.05, 0.1) is 5.69 Å². The topological polar surface area (TPSA) is 71.0 Å². The molecule has 17 heavy (non-hydrogen) atoms. The number of hydrogen-bond donors (Lipinski definition) is 0. The predicted octanol–water partition coefficient (Wildman–Crippen LogP) is 1.52. The van der Waals surface area contributed by atoms with Crippen LogP contribution in [0.1, 0.15) is 16.7 Å². The minimum absolute atomic E-state index is 0.140. The lowest BCUT2D eigenvalue weighted by Crippen LogP contribution is -2.13. The van der Waals surface area contributed by atoms with Crippen molar-refractivity contribution in [2.24, 2.45) is 4.99 Å². The van der Waals surface area contributed by atoms with Crippen LogP contribution in [0.2, 0.25) is 0 Å². The summed E-state index contributed by atoms with van der Waals surface area (Å²) in [7, 11) is 0. The highest BCUT2D eigenvalue weighted by Crippen LogP contribution is 2.07. The summed E-state index contributed by atoms with van der Waals surface area (Å²) in [6, 6.07) is 9.25. The number of Topliss-reactive ketones (excluding diaryl/α,β-unsaturated/α-hetero) is 1. The number of carbonyl (C=O) groups is 1. The average molecular weight is 244 g/mol. The second-order valence-corrected chi connectivity index (χ2v) is 4.16. The quantitative estimate of drug-likeness (QED) is 0.594. The highest BCUT2D eigenvalue weighted by atomic mass is 32.1. The molecule has 6 heteroatoms. The third kappa shape index (κ3) is 2.29. The van der Waals surface area contributed by atoms with Gasteiger partial charge < -0.3 is 0 Å². The van der Waals surface area contributed by atoms with Gasteiger partial charge in [0, 0.05) is 6.92 Å². The fraction of sp³-hybridized carbons (Fsp3) is 0.0909. The second kappa shape index (κ2) is 4.72. The Morgan fingerprint density at radius 2 is 2.18 bits per heavy atom. The van der Waals surface area contributed by atoms with E-state index in [0.717, 1.165) is 17.0 Å². The van der Waals surface area contributed by atoms with Gasteiger partial charge >= 0.3 is 0 Å². The maximum absolute atomic E-state index is 11.3. The molecule has 0 N–H and O–H groups in total. The van der Waals surface area contributed by atoms with Crippen LogP contribution >= 0.6 is 11.3 Å². The van der Waals surface area contributed by atoms with Crippen molar-refractivity contribution in [2.75, 3.05) is 0 Å². The molecule has 0 aliphatic rings. The normalized spacial score (nSPS) is 11.2. The summed E-state index contributed by atoms with van der Waals surface area (Å²) in [6.45, 7) is 1.43. The number of para-hydroxylation sites is 1. The Kier molecular flexibility index (Phi) is 3.12. The Labute approximate surface area is 101 Å². The SMILES string of the molecule is CC(=O)c1nn(-c2ccccc2)c(=NC#N)s1. The molecule has 0 aliphatic carbocycles. The van der Waals surface area contributed by atoms with E-state index in [1.807, 2.05) is 30.3 Å². The Morgan fingerprint density at radius 3 is 2.76 bits per heavy atom. The van der Waals surface area contributed by atoms with E-state index in [2.05, 4.69) is 10.1 Å². The number of benzene rings is 1. The number of carbonyl (C=O) groups excluding carboxylic acids is 1. The highest BCUT2D eigenvalue weighted by molar-refractivity contribution is 7.11. The van der Waals surface area contributed by atoms with Gasteiger partial charge in [0.25, 0.3) is 0 Å². The molecule has 1 aromatic heterocycles. The lowest BCUT2D eigenvalue weighted by molar-refractivity contribution is 0.101. The minimum Gasteiger partial charge on any atom is -0.292 e. The number of nitrogens with zero attached hydrogens (tertiary/aromatic N) is 4. The van der Waals surface area contributed by atoms with Crippen LogP contribution < -0.4 is 4.80 Å². The molecule has 0 unspecified atom stereocenters. The molecule has 5 nitrogen and oxygen atoms in total. The fourth-order valence-corrected chi connectivity index (χ4v) is 2.03. The number of nitriles is 1. The second-order valence-electron chi connectivity index (χ2n) is 3.21. The van der Waals surface area contributed by atoms with Gasteiger partial charge in [-0.3, -0.25) is 4.79 Å². The van der Waals surface area contributed by atoms with E-state index in [-0.39, 0.29) is 5.78 Å². The van der Waals surface area contributed by atoms with Crippen LogP contribution in [0.15, 0.2) is 35.3 Å². The molecule has 0 radical (unpaired) electrons. The zero-order chi connectivity index (χ0) is 12.3. The Hall–Kier alpha value is -2.26. The van der Waals surface area contributed by atoms with Crippen molar-refractivity contribution in [3.8, 4) is 11.9 Å². The maximum Gasteiger partial charge on any atom is 0.224 e. The van der Waals surface area contributed by atoms with E-state index in [4.69, 9.17) is 5.26 Å². The molecule has 0 aliphatic heterocycles. The molecule has 2 aromatic rings. The third-order valence-electron chi connectivity index (χ3n) is 2.01. The molecule has 1 aromatic carbocycles. The number of rotatable bonds is 2. The van der Waals surface area contributed by atoms with Crippen molar-refractivity contribution >= 4 is 17.1 Å². The van der Waals surface area contributed by atoms with Crippen molar-refractivity contribution in [3.63, 3.8) is 0 Å². The molecular formula is C11H8N4OS. The van der Waals surface area contributed by atoms with E-state index in [9.17, 15) is 4.79 Å². The lowest BCUT2D eigenvalue weighted by Gasteiger charge is -1.98. The molecule has 84 valence electrons. The molecular weight excluding hydrogens is 236 g/mol. The summed E-state index contributed by atoms with van der Waals surface area (Å²) in [6.07, 6.45) is 1.71. The Morgan fingerprint density at radius 1 is 1.47 bits per heavy atom. The maximum atomic E-state index is 11.3. The van der Waals surface area contributed by atoms with Gasteiger partial charge in [0.15, 0.2) is 10.8 Å². The van der Waals surface area contributed by atoms with E-state index in [0.29, 0.717) is 9.81 Å².